The lowest BCUT2D eigenvalue weighted by Crippen LogP contribution is -2.20. The molecule has 0 radical (unpaired) electrons. The highest BCUT2D eigenvalue weighted by molar-refractivity contribution is 5.69. The molecule has 19 heavy (non-hydrogen) atoms. The van der Waals surface area contributed by atoms with Crippen LogP contribution in [0.1, 0.15) is 30.5 Å². The van der Waals surface area contributed by atoms with Gasteiger partial charge in [0.2, 0.25) is 0 Å². The Labute approximate surface area is 113 Å². The molecule has 2 aliphatic rings. The molecule has 0 amide bonds. The maximum absolute atomic E-state index is 4.31. The summed E-state index contributed by atoms with van der Waals surface area (Å²) in [5, 5.41) is 0. The Balaban J connectivity index is 2.21. The van der Waals surface area contributed by atoms with E-state index in [0.717, 1.165) is 11.4 Å². The maximum atomic E-state index is 4.31. The summed E-state index contributed by atoms with van der Waals surface area (Å²) in [7, 11) is 0. The van der Waals surface area contributed by atoms with Gasteiger partial charge in [-0.15, -0.1) is 0 Å². The van der Waals surface area contributed by atoms with Crippen LogP contribution in [0.25, 0.3) is 0 Å². The van der Waals surface area contributed by atoms with E-state index in [1.807, 2.05) is 12.1 Å². The molecule has 0 aromatic heterocycles. The zero-order chi connectivity index (χ0) is 13.5. The van der Waals surface area contributed by atoms with Crippen LogP contribution in [0, 0.1) is 6.92 Å². The second-order valence-corrected chi connectivity index (χ2v) is 5.46. The zero-order valence-corrected chi connectivity index (χ0v) is 11.4. The van der Waals surface area contributed by atoms with Gasteiger partial charge in [0.15, 0.2) is 0 Å². The van der Waals surface area contributed by atoms with Gasteiger partial charge in [-0.25, -0.2) is 0 Å². The minimum atomic E-state index is -0.0955. The zero-order valence-electron chi connectivity index (χ0n) is 11.4. The van der Waals surface area contributed by atoms with Crippen molar-refractivity contribution in [2.24, 2.45) is 9.98 Å². The van der Waals surface area contributed by atoms with Crippen LogP contribution < -0.4 is 0 Å². The van der Waals surface area contributed by atoms with E-state index in [0.29, 0.717) is 0 Å². The van der Waals surface area contributed by atoms with Crippen LogP contribution in [0.3, 0.4) is 0 Å². The Kier molecular flexibility index (Phi) is 2.62. The molecule has 2 nitrogen and oxygen atoms in total. The van der Waals surface area contributed by atoms with Crippen molar-refractivity contribution in [2.45, 2.75) is 26.2 Å². The lowest BCUT2D eigenvalue weighted by molar-refractivity contribution is 0.637. The van der Waals surface area contributed by atoms with Gasteiger partial charge in [-0.2, -0.15) is 9.98 Å². The average Bonchev–Trinajstić information content (AvgIpc) is 2.74. The molecule has 0 atom stereocenters. The van der Waals surface area contributed by atoms with Crippen molar-refractivity contribution in [3.8, 4) is 0 Å². The molecule has 0 unspecified atom stereocenters. The number of aliphatic imine (C=N–C) groups is 2. The molecule has 2 aromatic rings. The molecule has 0 saturated heterocycles. The lowest BCUT2D eigenvalue weighted by Gasteiger charge is -2.28. The molecule has 0 N–H and O–H groups in total. The van der Waals surface area contributed by atoms with Crippen molar-refractivity contribution in [1.82, 2.24) is 0 Å². The van der Waals surface area contributed by atoms with E-state index < -0.39 is 0 Å². The lowest BCUT2D eigenvalue weighted by atomic mass is 9.75. The van der Waals surface area contributed by atoms with Gasteiger partial charge in [0.25, 0.3) is 0 Å². The first-order chi connectivity index (χ1) is 9.09. The van der Waals surface area contributed by atoms with E-state index in [1.165, 1.54) is 16.7 Å². The van der Waals surface area contributed by atoms with Crippen molar-refractivity contribution >= 4 is 17.4 Å². The molecule has 0 aliphatic carbocycles. The van der Waals surface area contributed by atoms with Crippen molar-refractivity contribution in [3.63, 3.8) is 0 Å². The third kappa shape index (κ3) is 1.91. The topological polar surface area (TPSA) is 24.7 Å². The highest BCUT2D eigenvalue weighted by Gasteiger charge is 2.28. The normalized spacial score (nSPS) is 12.8. The van der Waals surface area contributed by atoms with Gasteiger partial charge in [-0.05, 0) is 41.8 Å². The summed E-state index contributed by atoms with van der Waals surface area (Å²) in [4.78, 5) is 8.49. The summed E-state index contributed by atoms with van der Waals surface area (Å²) >= 11 is 0. The van der Waals surface area contributed by atoms with Crippen molar-refractivity contribution in [3.05, 3.63) is 59.2 Å². The monoisotopic (exact) mass is 248 g/mol. The first-order valence-corrected chi connectivity index (χ1v) is 6.46. The standard InChI is InChI=1S/C17H16N2/c1-12-6-4-5-7-14(12)17(2,3)15-10-13-8-9-16(15)19-11-18-13/h4-10H,1-3H3. The van der Waals surface area contributed by atoms with Crippen LogP contribution in [-0.4, -0.2) is 6.01 Å². The van der Waals surface area contributed by atoms with E-state index in [-0.39, 0.29) is 5.41 Å². The smallest absolute Gasteiger partial charge is 0.100 e. The van der Waals surface area contributed by atoms with E-state index >= 15 is 0 Å². The van der Waals surface area contributed by atoms with Gasteiger partial charge < -0.3 is 0 Å². The van der Waals surface area contributed by atoms with E-state index in [4.69, 9.17) is 0 Å². The fourth-order valence-electron chi connectivity index (χ4n) is 2.75. The largest absolute Gasteiger partial charge is 0.188 e. The summed E-state index contributed by atoms with van der Waals surface area (Å²) in [6.45, 7) is 6.62. The number of rotatable bonds is 2. The van der Waals surface area contributed by atoms with Crippen LogP contribution in [0.4, 0.5) is 11.4 Å². The van der Waals surface area contributed by atoms with Crippen LogP contribution in [0.15, 0.2) is 52.4 Å². The predicted molar refractivity (Wildman–Crippen MR) is 78.9 cm³/mol. The molecular formula is C17H16N2. The molecule has 94 valence electrons. The highest BCUT2D eigenvalue weighted by Crippen LogP contribution is 2.41. The number of fused-ring (bicyclic) bond motifs is 2. The molecule has 2 aromatic carbocycles. The van der Waals surface area contributed by atoms with E-state index in [9.17, 15) is 0 Å². The quantitative estimate of drug-likeness (QED) is 0.624. The molecule has 0 spiro atoms. The number of aryl methyl sites for hydroxylation is 1. The minimum Gasteiger partial charge on any atom is -0.188 e. The SMILES string of the molecule is Cc1ccccc1C(C)(C)c1cc2ccc1N=C=N2. The van der Waals surface area contributed by atoms with Gasteiger partial charge in [0.1, 0.15) is 6.01 Å². The summed E-state index contributed by atoms with van der Waals surface area (Å²) in [6.07, 6.45) is 0. The molecule has 0 saturated carbocycles. The number of benzene rings is 2. The molecule has 0 fully saturated rings. The van der Waals surface area contributed by atoms with Crippen molar-refractivity contribution < 1.29 is 0 Å². The fourth-order valence-corrected chi connectivity index (χ4v) is 2.75. The van der Waals surface area contributed by atoms with Crippen molar-refractivity contribution in [1.29, 1.82) is 0 Å². The number of hydrogen-bond acceptors (Lipinski definition) is 2. The van der Waals surface area contributed by atoms with E-state index in [2.05, 4.69) is 67.1 Å². The van der Waals surface area contributed by atoms with Crippen LogP contribution >= 0.6 is 0 Å². The van der Waals surface area contributed by atoms with Crippen LogP contribution in [0.2, 0.25) is 0 Å². The summed E-state index contributed by atoms with van der Waals surface area (Å²) in [5.41, 5.74) is 5.60. The molecule has 2 heterocycles. The van der Waals surface area contributed by atoms with Crippen LogP contribution in [0.5, 0.6) is 0 Å². The summed E-state index contributed by atoms with van der Waals surface area (Å²) in [6, 6.07) is 17.4. The Morgan fingerprint density at radius 1 is 0.947 bits per heavy atom. The third-order valence-electron chi connectivity index (χ3n) is 3.82. The Morgan fingerprint density at radius 2 is 1.74 bits per heavy atom. The van der Waals surface area contributed by atoms with Gasteiger partial charge in [0, 0.05) is 5.41 Å². The van der Waals surface area contributed by atoms with Crippen molar-refractivity contribution in [2.75, 3.05) is 0 Å². The fraction of sp³-hybridized carbons (Fsp3) is 0.235. The molecule has 2 aliphatic heterocycles. The second kappa shape index (κ2) is 4.18. The summed E-state index contributed by atoms with van der Waals surface area (Å²) < 4.78 is 0. The average molecular weight is 248 g/mol. The predicted octanol–water partition coefficient (Wildman–Crippen LogP) is 4.77. The number of hydrogen-bond donors (Lipinski definition) is 0. The molecule has 4 rings (SSSR count). The van der Waals surface area contributed by atoms with Gasteiger partial charge in [-0.1, -0.05) is 38.1 Å². The third-order valence-corrected chi connectivity index (χ3v) is 3.82. The van der Waals surface area contributed by atoms with E-state index in [1.54, 1.807) is 0 Å². The Morgan fingerprint density at radius 3 is 2.53 bits per heavy atom. The Hall–Kier alpha value is -2.18. The molecule has 2 bridgehead atoms. The van der Waals surface area contributed by atoms with Crippen LogP contribution in [-0.2, 0) is 5.41 Å². The molecular weight excluding hydrogens is 232 g/mol. The molecule has 2 heteroatoms. The minimum absolute atomic E-state index is 0.0955. The first kappa shape index (κ1) is 11.9. The van der Waals surface area contributed by atoms with Gasteiger partial charge in [-0.3, -0.25) is 0 Å². The van der Waals surface area contributed by atoms with Gasteiger partial charge >= 0.3 is 0 Å². The second-order valence-electron chi connectivity index (χ2n) is 5.46. The first-order valence-electron chi connectivity index (χ1n) is 6.46. The maximum Gasteiger partial charge on any atom is 0.100 e. The Bertz CT molecular complexity index is 705. The van der Waals surface area contributed by atoms with Gasteiger partial charge in [0.05, 0.1) is 11.4 Å². The highest BCUT2D eigenvalue weighted by atomic mass is 14.8. The number of nitrogens with zero attached hydrogens (tertiary/aromatic N) is 2. The summed E-state index contributed by atoms with van der Waals surface area (Å²) in [5.74, 6) is 0.